The minimum Gasteiger partial charge on any atom is -0.478 e. The van der Waals surface area contributed by atoms with E-state index in [4.69, 9.17) is 5.11 Å². The van der Waals surface area contributed by atoms with E-state index in [9.17, 15) is 4.79 Å². The van der Waals surface area contributed by atoms with Crippen molar-refractivity contribution in [3.8, 4) is 0 Å². The van der Waals surface area contributed by atoms with Gasteiger partial charge in [-0.3, -0.25) is 4.40 Å². The molecular formula is C8H6BrN3O2. The fourth-order valence-corrected chi connectivity index (χ4v) is 1.68. The molecule has 14 heavy (non-hydrogen) atoms. The molecule has 0 radical (unpaired) electrons. The summed E-state index contributed by atoms with van der Waals surface area (Å²) < 4.78 is 2.23. The van der Waals surface area contributed by atoms with E-state index in [1.807, 2.05) is 0 Å². The number of carboxylic acids is 1. The molecule has 0 saturated carbocycles. The van der Waals surface area contributed by atoms with Gasteiger partial charge in [-0.15, -0.1) is 10.2 Å². The minimum absolute atomic E-state index is 0.185. The SMILES string of the molecule is Cc1nnc2cc(C(=O)O)c(Br)cn12. The van der Waals surface area contributed by atoms with Crippen molar-refractivity contribution in [3.63, 3.8) is 0 Å². The van der Waals surface area contributed by atoms with Crippen LogP contribution in [0.2, 0.25) is 0 Å². The van der Waals surface area contributed by atoms with E-state index < -0.39 is 5.97 Å². The molecule has 2 aromatic heterocycles. The predicted molar refractivity (Wildman–Crippen MR) is 52.4 cm³/mol. The molecule has 0 aromatic carbocycles. The molecule has 2 aromatic rings. The Bertz CT molecular complexity index is 521. The Morgan fingerprint density at radius 1 is 1.57 bits per heavy atom. The maximum atomic E-state index is 10.8. The van der Waals surface area contributed by atoms with Crippen LogP contribution in [0.15, 0.2) is 16.7 Å². The molecule has 0 unspecified atom stereocenters. The van der Waals surface area contributed by atoms with Crippen LogP contribution in [0.1, 0.15) is 16.2 Å². The van der Waals surface area contributed by atoms with Gasteiger partial charge in [-0.2, -0.15) is 0 Å². The third kappa shape index (κ3) is 1.27. The van der Waals surface area contributed by atoms with Gasteiger partial charge in [-0.25, -0.2) is 4.79 Å². The van der Waals surface area contributed by atoms with E-state index in [0.717, 1.165) is 5.82 Å². The topological polar surface area (TPSA) is 67.5 Å². The molecule has 5 nitrogen and oxygen atoms in total. The Balaban J connectivity index is 2.79. The first-order valence-electron chi connectivity index (χ1n) is 3.84. The van der Waals surface area contributed by atoms with Gasteiger partial charge in [0.25, 0.3) is 0 Å². The van der Waals surface area contributed by atoms with Crippen molar-refractivity contribution < 1.29 is 9.90 Å². The molecule has 2 heterocycles. The van der Waals surface area contributed by atoms with Crippen molar-refractivity contribution in [2.45, 2.75) is 6.92 Å². The number of hydrogen-bond donors (Lipinski definition) is 1. The van der Waals surface area contributed by atoms with Crippen molar-refractivity contribution in [2.24, 2.45) is 0 Å². The van der Waals surface area contributed by atoms with Crippen LogP contribution in [-0.2, 0) is 0 Å². The number of nitrogens with zero attached hydrogens (tertiary/aromatic N) is 3. The highest BCUT2D eigenvalue weighted by Gasteiger charge is 2.11. The van der Waals surface area contributed by atoms with Crippen molar-refractivity contribution in [2.75, 3.05) is 0 Å². The average Bonchev–Trinajstić information content (AvgIpc) is 2.46. The average molecular weight is 256 g/mol. The molecule has 1 N–H and O–H groups in total. The lowest BCUT2D eigenvalue weighted by Gasteiger charge is -2.00. The van der Waals surface area contributed by atoms with Crippen molar-refractivity contribution in [1.82, 2.24) is 14.6 Å². The van der Waals surface area contributed by atoms with Crippen LogP contribution in [0, 0.1) is 6.92 Å². The fraction of sp³-hybridized carbons (Fsp3) is 0.125. The first-order chi connectivity index (χ1) is 6.59. The van der Waals surface area contributed by atoms with Crippen LogP contribution in [0.4, 0.5) is 0 Å². The van der Waals surface area contributed by atoms with Crippen molar-refractivity contribution >= 4 is 27.5 Å². The molecule has 0 aliphatic carbocycles. The molecule has 0 fully saturated rings. The number of aromatic nitrogens is 3. The number of carbonyl (C=O) groups is 1. The zero-order valence-electron chi connectivity index (χ0n) is 7.23. The maximum Gasteiger partial charge on any atom is 0.337 e. The number of aromatic carboxylic acids is 1. The highest BCUT2D eigenvalue weighted by atomic mass is 79.9. The second-order valence-electron chi connectivity index (χ2n) is 2.82. The number of halogens is 1. The van der Waals surface area contributed by atoms with Gasteiger partial charge in [-0.05, 0) is 28.9 Å². The number of rotatable bonds is 1. The molecule has 0 aliphatic rings. The molecule has 72 valence electrons. The number of fused-ring (bicyclic) bond motifs is 1. The molecule has 0 saturated heterocycles. The summed E-state index contributed by atoms with van der Waals surface area (Å²) in [4.78, 5) is 10.8. The van der Waals surface area contributed by atoms with E-state index in [1.54, 1.807) is 17.5 Å². The van der Waals surface area contributed by atoms with E-state index in [2.05, 4.69) is 26.1 Å². The summed E-state index contributed by atoms with van der Waals surface area (Å²) in [6.45, 7) is 1.80. The van der Waals surface area contributed by atoms with E-state index in [1.165, 1.54) is 6.07 Å². The third-order valence-electron chi connectivity index (χ3n) is 1.90. The lowest BCUT2D eigenvalue weighted by atomic mass is 10.3. The summed E-state index contributed by atoms with van der Waals surface area (Å²) in [6, 6.07) is 1.48. The van der Waals surface area contributed by atoms with Crippen molar-refractivity contribution in [3.05, 3.63) is 28.1 Å². The maximum absolute atomic E-state index is 10.8. The minimum atomic E-state index is -0.986. The second kappa shape index (κ2) is 3.06. The van der Waals surface area contributed by atoms with Gasteiger partial charge in [0.1, 0.15) is 5.82 Å². The Labute approximate surface area is 87.5 Å². The molecule has 0 bridgehead atoms. The molecule has 0 atom stereocenters. The van der Waals surface area contributed by atoms with Gasteiger partial charge < -0.3 is 5.11 Å². The summed E-state index contributed by atoms with van der Waals surface area (Å²) >= 11 is 3.18. The van der Waals surface area contributed by atoms with Crippen LogP contribution in [0.5, 0.6) is 0 Å². The van der Waals surface area contributed by atoms with E-state index >= 15 is 0 Å². The molecular weight excluding hydrogens is 250 g/mol. The summed E-state index contributed by atoms with van der Waals surface area (Å²) in [6.07, 6.45) is 1.65. The highest BCUT2D eigenvalue weighted by Crippen LogP contribution is 2.18. The highest BCUT2D eigenvalue weighted by molar-refractivity contribution is 9.10. The van der Waals surface area contributed by atoms with Gasteiger partial charge in [0.2, 0.25) is 0 Å². The predicted octanol–water partition coefficient (Wildman–Crippen LogP) is 1.50. The van der Waals surface area contributed by atoms with Crippen LogP contribution in [0.3, 0.4) is 0 Å². The largest absolute Gasteiger partial charge is 0.478 e. The Morgan fingerprint density at radius 2 is 2.29 bits per heavy atom. The fourth-order valence-electron chi connectivity index (χ4n) is 1.19. The normalized spacial score (nSPS) is 10.7. The number of hydrogen-bond acceptors (Lipinski definition) is 3. The zero-order chi connectivity index (χ0) is 10.3. The first kappa shape index (κ1) is 9.14. The quantitative estimate of drug-likeness (QED) is 0.839. The number of carboxylic acid groups (broad SMARTS) is 1. The summed E-state index contributed by atoms with van der Waals surface area (Å²) in [5.74, 6) is -0.266. The Hall–Kier alpha value is -1.43. The lowest BCUT2D eigenvalue weighted by molar-refractivity contribution is 0.0696. The Kier molecular flexibility index (Phi) is 1.99. The molecule has 2 rings (SSSR count). The summed E-state index contributed by atoms with van der Waals surface area (Å²) in [7, 11) is 0. The zero-order valence-corrected chi connectivity index (χ0v) is 8.82. The molecule has 6 heteroatoms. The summed E-state index contributed by atoms with van der Waals surface area (Å²) in [5.41, 5.74) is 0.716. The molecule has 0 aliphatic heterocycles. The van der Waals surface area contributed by atoms with Gasteiger partial charge in [0, 0.05) is 10.7 Å². The Morgan fingerprint density at radius 3 is 2.93 bits per heavy atom. The molecule has 0 spiro atoms. The second-order valence-corrected chi connectivity index (χ2v) is 3.67. The van der Waals surface area contributed by atoms with E-state index in [-0.39, 0.29) is 5.56 Å². The number of pyridine rings is 1. The van der Waals surface area contributed by atoms with Gasteiger partial charge in [-0.1, -0.05) is 0 Å². The van der Waals surface area contributed by atoms with E-state index in [0.29, 0.717) is 10.1 Å². The van der Waals surface area contributed by atoms with Crippen LogP contribution < -0.4 is 0 Å². The van der Waals surface area contributed by atoms with Crippen molar-refractivity contribution in [1.29, 1.82) is 0 Å². The third-order valence-corrected chi connectivity index (χ3v) is 2.53. The summed E-state index contributed by atoms with van der Waals surface area (Å²) in [5, 5.41) is 16.5. The monoisotopic (exact) mass is 255 g/mol. The first-order valence-corrected chi connectivity index (χ1v) is 4.63. The van der Waals surface area contributed by atoms with Gasteiger partial charge in [0.15, 0.2) is 5.65 Å². The lowest BCUT2D eigenvalue weighted by Crippen LogP contribution is -2.00. The van der Waals surface area contributed by atoms with Gasteiger partial charge >= 0.3 is 5.97 Å². The smallest absolute Gasteiger partial charge is 0.337 e. The van der Waals surface area contributed by atoms with Crippen LogP contribution >= 0.6 is 15.9 Å². The van der Waals surface area contributed by atoms with Crippen LogP contribution in [-0.4, -0.2) is 25.7 Å². The standard InChI is InChI=1S/C8H6BrN3O2/c1-4-10-11-7-2-5(8(13)14)6(9)3-12(4)7/h2-3H,1H3,(H,13,14). The molecule has 0 amide bonds. The number of aryl methyl sites for hydroxylation is 1. The van der Waals surface area contributed by atoms with Crippen LogP contribution in [0.25, 0.3) is 5.65 Å². The van der Waals surface area contributed by atoms with Gasteiger partial charge in [0.05, 0.1) is 5.56 Å².